The van der Waals surface area contributed by atoms with Crippen LogP contribution in [0.15, 0.2) is 24.3 Å². The van der Waals surface area contributed by atoms with Crippen LogP contribution in [-0.2, 0) is 21.0 Å². The molecule has 9 heteroatoms. The zero-order valence-corrected chi connectivity index (χ0v) is 13.8. The minimum Gasteiger partial charge on any atom is -0.354 e. The van der Waals surface area contributed by atoms with Gasteiger partial charge in [0.25, 0.3) is 0 Å². The predicted molar refractivity (Wildman–Crippen MR) is 81.5 cm³/mol. The van der Waals surface area contributed by atoms with Gasteiger partial charge in [-0.25, -0.2) is 8.42 Å². The van der Waals surface area contributed by atoms with Gasteiger partial charge in [-0.05, 0) is 12.1 Å². The summed E-state index contributed by atoms with van der Waals surface area (Å²) in [5, 5.41) is 2.49. The molecule has 23 heavy (non-hydrogen) atoms. The van der Waals surface area contributed by atoms with Crippen molar-refractivity contribution in [1.82, 2.24) is 5.32 Å². The van der Waals surface area contributed by atoms with Gasteiger partial charge >= 0.3 is 6.18 Å². The third-order valence-electron chi connectivity index (χ3n) is 3.02. The fourth-order valence-corrected chi connectivity index (χ4v) is 2.82. The second-order valence-corrected chi connectivity index (χ2v) is 7.20. The fraction of sp³-hybridized carbons (Fsp3) is 0.500. The Morgan fingerprint density at radius 3 is 2.30 bits per heavy atom. The summed E-state index contributed by atoms with van der Waals surface area (Å²) in [5.41, 5.74) is -1.50. The third kappa shape index (κ3) is 5.42. The van der Waals surface area contributed by atoms with Crippen LogP contribution in [0.2, 0.25) is 0 Å². The molecule has 0 fully saturated rings. The number of hydrogen-bond donors (Lipinski definition) is 1. The highest BCUT2D eigenvalue weighted by atomic mass is 32.2. The summed E-state index contributed by atoms with van der Waals surface area (Å²) in [4.78, 5) is 11.5. The van der Waals surface area contributed by atoms with E-state index in [1.807, 2.05) is 0 Å². The monoisotopic (exact) mass is 352 g/mol. The number of anilines is 1. The Bertz CT molecular complexity index is 657. The van der Waals surface area contributed by atoms with Gasteiger partial charge in [-0.3, -0.25) is 9.10 Å². The van der Waals surface area contributed by atoms with Crippen LogP contribution < -0.4 is 9.62 Å². The maximum Gasteiger partial charge on any atom is 0.418 e. The molecule has 0 radical (unpaired) electrons. The summed E-state index contributed by atoms with van der Waals surface area (Å²) in [6, 6.07) is 4.43. The topological polar surface area (TPSA) is 66.5 Å². The Morgan fingerprint density at radius 1 is 1.26 bits per heavy atom. The lowest BCUT2D eigenvalue weighted by atomic mass is 10.1. The van der Waals surface area contributed by atoms with Gasteiger partial charge in [-0.2, -0.15) is 13.2 Å². The Balaban J connectivity index is 3.09. The number of amides is 1. The van der Waals surface area contributed by atoms with Crippen molar-refractivity contribution < 1.29 is 26.4 Å². The van der Waals surface area contributed by atoms with E-state index in [9.17, 15) is 26.4 Å². The molecule has 5 nitrogen and oxygen atoms in total. The number of sulfonamides is 1. The predicted octanol–water partition coefficient (Wildman–Crippen LogP) is 2.24. The van der Waals surface area contributed by atoms with E-state index in [2.05, 4.69) is 5.32 Å². The smallest absolute Gasteiger partial charge is 0.354 e. The first-order valence-electron chi connectivity index (χ1n) is 6.86. The lowest BCUT2D eigenvalue weighted by Crippen LogP contribution is -2.40. The van der Waals surface area contributed by atoms with Gasteiger partial charge in [0.15, 0.2) is 0 Å². The van der Waals surface area contributed by atoms with Crippen LogP contribution in [0, 0.1) is 5.92 Å². The van der Waals surface area contributed by atoms with Gasteiger partial charge in [0.05, 0.1) is 24.1 Å². The first-order chi connectivity index (χ1) is 10.4. The normalized spacial score (nSPS) is 12.3. The summed E-state index contributed by atoms with van der Waals surface area (Å²) in [7, 11) is -3.94. The molecule has 0 spiro atoms. The maximum atomic E-state index is 13.1. The van der Waals surface area contributed by atoms with Crippen molar-refractivity contribution in [3.8, 4) is 0 Å². The molecule has 0 atom stereocenters. The van der Waals surface area contributed by atoms with Crippen LogP contribution >= 0.6 is 0 Å². The van der Waals surface area contributed by atoms with E-state index in [1.54, 1.807) is 13.8 Å². The zero-order valence-electron chi connectivity index (χ0n) is 13.0. The van der Waals surface area contributed by atoms with Gasteiger partial charge in [0.2, 0.25) is 15.9 Å². The molecule has 0 aliphatic carbocycles. The van der Waals surface area contributed by atoms with Gasteiger partial charge in [0, 0.05) is 12.5 Å². The Morgan fingerprint density at radius 2 is 1.83 bits per heavy atom. The number of nitrogens with zero attached hydrogens (tertiary/aromatic N) is 1. The lowest BCUT2D eigenvalue weighted by molar-refractivity contribution is -0.137. The molecule has 0 aliphatic heterocycles. The highest BCUT2D eigenvalue weighted by molar-refractivity contribution is 7.92. The molecule has 130 valence electrons. The molecule has 1 rings (SSSR count). The van der Waals surface area contributed by atoms with Crippen molar-refractivity contribution in [1.29, 1.82) is 0 Å². The number of carbonyl (C=O) groups is 1. The maximum absolute atomic E-state index is 13.1. The quantitative estimate of drug-likeness (QED) is 0.854. The summed E-state index contributed by atoms with van der Waals surface area (Å²) in [6.45, 7) is 2.94. The van der Waals surface area contributed by atoms with Crippen LogP contribution in [0.3, 0.4) is 0 Å². The van der Waals surface area contributed by atoms with Crippen LogP contribution in [0.4, 0.5) is 18.9 Å². The Kier molecular flexibility index (Phi) is 6.04. The van der Waals surface area contributed by atoms with E-state index < -0.39 is 27.5 Å². The van der Waals surface area contributed by atoms with Crippen molar-refractivity contribution in [3.05, 3.63) is 29.8 Å². The molecule has 0 unspecified atom stereocenters. The first-order valence-corrected chi connectivity index (χ1v) is 8.71. The molecule has 0 aliphatic rings. The van der Waals surface area contributed by atoms with E-state index in [-0.39, 0.29) is 24.9 Å². The van der Waals surface area contributed by atoms with E-state index in [0.29, 0.717) is 4.31 Å². The highest BCUT2D eigenvalue weighted by Gasteiger charge is 2.36. The molecular formula is C14H19F3N2O3S. The van der Waals surface area contributed by atoms with Crippen molar-refractivity contribution in [2.75, 3.05) is 23.7 Å². The molecule has 1 amide bonds. The number of para-hydroxylation sites is 1. The average Bonchev–Trinajstić information content (AvgIpc) is 2.40. The number of benzene rings is 1. The Hall–Kier alpha value is -1.77. The average molecular weight is 352 g/mol. The molecule has 0 heterocycles. The number of hydrogen-bond acceptors (Lipinski definition) is 3. The van der Waals surface area contributed by atoms with Crippen molar-refractivity contribution >= 4 is 21.6 Å². The van der Waals surface area contributed by atoms with Gasteiger partial charge in [-0.1, -0.05) is 26.0 Å². The van der Waals surface area contributed by atoms with Crippen LogP contribution in [-0.4, -0.2) is 33.7 Å². The fourth-order valence-electron chi connectivity index (χ4n) is 1.88. The van der Waals surface area contributed by atoms with Gasteiger partial charge < -0.3 is 5.32 Å². The molecule has 0 aromatic heterocycles. The number of rotatable bonds is 6. The molecule has 0 saturated carbocycles. The van der Waals surface area contributed by atoms with Crippen molar-refractivity contribution in [2.45, 2.75) is 20.0 Å². The molecular weight excluding hydrogens is 333 g/mol. The SMILES string of the molecule is CC(C)C(=O)NCCN(c1ccccc1C(F)(F)F)S(C)(=O)=O. The second-order valence-electron chi connectivity index (χ2n) is 5.30. The largest absolute Gasteiger partial charge is 0.418 e. The molecule has 0 saturated heterocycles. The van der Waals surface area contributed by atoms with Gasteiger partial charge in [-0.15, -0.1) is 0 Å². The second kappa shape index (κ2) is 7.20. The van der Waals surface area contributed by atoms with Crippen LogP contribution in [0.25, 0.3) is 0 Å². The number of carbonyl (C=O) groups excluding carboxylic acids is 1. The summed E-state index contributed by atoms with van der Waals surface area (Å²) in [5.74, 6) is -0.605. The minimum atomic E-state index is -4.68. The van der Waals surface area contributed by atoms with Crippen molar-refractivity contribution in [2.24, 2.45) is 5.92 Å². The zero-order chi connectivity index (χ0) is 17.8. The van der Waals surface area contributed by atoms with E-state index in [4.69, 9.17) is 0 Å². The summed E-state index contributed by atoms with van der Waals surface area (Å²) >= 11 is 0. The van der Waals surface area contributed by atoms with Crippen LogP contribution in [0.5, 0.6) is 0 Å². The number of alkyl halides is 3. The highest BCUT2D eigenvalue weighted by Crippen LogP contribution is 2.37. The van der Waals surface area contributed by atoms with Crippen molar-refractivity contribution in [3.63, 3.8) is 0 Å². The first kappa shape index (κ1) is 19.3. The Labute approximate surface area is 133 Å². The van der Waals surface area contributed by atoms with E-state index in [1.165, 1.54) is 12.1 Å². The third-order valence-corrected chi connectivity index (χ3v) is 4.20. The molecule has 1 N–H and O–H groups in total. The standard InChI is InChI=1S/C14H19F3N2O3S/c1-10(2)13(20)18-8-9-19(23(3,21)22)12-7-5-4-6-11(12)14(15,16)17/h4-7,10H,8-9H2,1-3H3,(H,18,20). The summed E-state index contributed by atoms with van der Waals surface area (Å²) < 4.78 is 63.6. The van der Waals surface area contributed by atoms with Crippen LogP contribution in [0.1, 0.15) is 19.4 Å². The summed E-state index contributed by atoms with van der Waals surface area (Å²) in [6.07, 6.45) is -3.86. The molecule has 1 aromatic carbocycles. The minimum absolute atomic E-state index is 0.0870. The number of halogens is 3. The lowest BCUT2D eigenvalue weighted by Gasteiger charge is -2.25. The molecule has 0 bridgehead atoms. The van der Waals surface area contributed by atoms with Gasteiger partial charge in [0.1, 0.15) is 0 Å². The number of nitrogens with one attached hydrogen (secondary N) is 1. The van der Waals surface area contributed by atoms with E-state index in [0.717, 1.165) is 18.4 Å². The molecule has 1 aromatic rings. The van der Waals surface area contributed by atoms with E-state index >= 15 is 0 Å².